The lowest BCUT2D eigenvalue weighted by Gasteiger charge is -2.14. The van der Waals surface area contributed by atoms with Crippen molar-refractivity contribution in [2.24, 2.45) is 5.92 Å². The highest BCUT2D eigenvalue weighted by Gasteiger charge is 2.17. The van der Waals surface area contributed by atoms with E-state index in [1.807, 2.05) is 24.3 Å². The number of rotatable bonds is 7. The molecule has 1 aromatic heterocycles. The molecule has 1 amide bonds. The summed E-state index contributed by atoms with van der Waals surface area (Å²) >= 11 is 7.80. The van der Waals surface area contributed by atoms with Gasteiger partial charge < -0.3 is 5.32 Å². The highest BCUT2D eigenvalue weighted by molar-refractivity contribution is 7.21. The van der Waals surface area contributed by atoms with Gasteiger partial charge in [0.15, 0.2) is 0 Å². The molecule has 21 heavy (non-hydrogen) atoms. The number of thiophene rings is 1. The first-order chi connectivity index (χ1) is 10.2. The van der Waals surface area contributed by atoms with E-state index >= 15 is 0 Å². The van der Waals surface area contributed by atoms with E-state index in [4.69, 9.17) is 11.6 Å². The zero-order chi connectivity index (χ0) is 15.2. The first-order valence-electron chi connectivity index (χ1n) is 7.62. The van der Waals surface area contributed by atoms with Crippen molar-refractivity contribution in [2.75, 3.05) is 6.54 Å². The summed E-state index contributed by atoms with van der Waals surface area (Å²) in [5.41, 5.74) is 0. The lowest BCUT2D eigenvalue weighted by Crippen LogP contribution is -2.28. The van der Waals surface area contributed by atoms with Crippen molar-refractivity contribution in [3.8, 4) is 0 Å². The van der Waals surface area contributed by atoms with Crippen molar-refractivity contribution in [2.45, 2.75) is 39.5 Å². The molecule has 2 rings (SSSR count). The van der Waals surface area contributed by atoms with E-state index in [2.05, 4.69) is 19.2 Å². The van der Waals surface area contributed by atoms with Crippen LogP contribution >= 0.6 is 22.9 Å². The molecular formula is C17H22ClNOS. The molecule has 114 valence electrons. The number of hydrogen-bond acceptors (Lipinski definition) is 2. The second kappa shape index (κ2) is 7.81. The van der Waals surface area contributed by atoms with Crippen LogP contribution in [0.25, 0.3) is 10.1 Å². The van der Waals surface area contributed by atoms with Gasteiger partial charge in [-0.2, -0.15) is 0 Å². The van der Waals surface area contributed by atoms with Crippen LogP contribution in [0, 0.1) is 5.92 Å². The average Bonchev–Trinajstić information content (AvgIpc) is 2.85. The molecule has 4 heteroatoms. The van der Waals surface area contributed by atoms with E-state index in [-0.39, 0.29) is 5.91 Å². The van der Waals surface area contributed by atoms with Crippen LogP contribution in [0.15, 0.2) is 24.3 Å². The number of nitrogens with one attached hydrogen (secondary N) is 1. The highest BCUT2D eigenvalue weighted by Crippen LogP contribution is 2.35. The van der Waals surface area contributed by atoms with Crippen molar-refractivity contribution in [3.05, 3.63) is 34.2 Å². The summed E-state index contributed by atoms with van der Waals surface area (Å²) < 4.78 is 1.06. The maximum absolute atomic E-state index is 12.3. The zero-order valence-corrected chi connectivity index (χ0v) is 14.2. The molecule has 1 unspecified atom stereocenters. The third-order valence-corrected chi connectivity index (χ3v) is 5.51. The van der Waals surface area contributed by atoms with Gasteiger partial charge in [0, 0.05) is 16.6 Å². The molecule has 2 nitrogen and oxygen atoms in total. The second-order valence-electron chi connectivity index (χ2n) is 5.37. The number of fused-ring (bicyclic) bond motifs is 1. The molecule has 0 aliphatic heterocycles. The van der Waals surface area contributed by atoms with Gasteiger partial charge in [-0.25, -0.2) is 0 Å². The van der Waals surface area contributed by atoms with Crippen molar-refractivity contribution in [1.82, 2.24) is 5.32 Å². The maximum Gasteiger partial charge on any atom is 0.262 e. The molecule has 1 atom stereocenters. The fourth-order valence-corrected chi connectivity index (χ4v) is 3.85. The highest BCUT2D eigenvalue weighted by atomic mass is 35.5. The number of halogens is 1. The Bertz CT molecular complexity index is 608. The van der Waals surface area contributed by atoms with Crippen LogP contribution in [-0.4, -0.2) is 12.5 Å². The number of unbranched alkanes of at least 4 members (excludes halogenated alkanes) is 1. The minimum atomic E-state index is -0.0452. The fraction of sp³-hybridized carbons (Fsp3) is 0.471. The molecule has 0 saturated carbocycles. The third kappa shape index (κ3) is 3.98. The number of benzene rings is 1. The topological polar surface area (TPSA) is 29.1 Å². The third-order valence-electron chi connectivity index (χ3n) is 3.84. The molecule has 0 spiro atoms. The molecule has 1 N–H and O–H groups in total. The Hall–Kier alpha value is -1.06. The first kappa shape index (κ1) is 16.3. The molecule has 1 heterocycles. The van der Waals surface area contributed by atoms with Gasteiger partial charge in [0.25, 0.3) is 5.91 Å². The van der Waals surface area contributed by atoms with E-state index in [0.29, 0.717) is 15.8 Å². The summed E-state index contributed by atoms with van der Waals surface area (Å²) in [6, 6.07) is 7.87. The maximum atomic E-state index is 12.3. The van der Waals surface area contributed by atoms with Crippen LogP contribution in [0.2, 0.25) is 5.02 Å². The first-order valence-corrected chi connectivity index (χ1v) is 8.82. The monoisotopic (exact) mass is 323 g/mol. The van der Waals surface area contributed by atoms with Gasteiger partial charge in [0.1, 0.15) is 4.88 Å². The second-order valence-corrected chi connectivity index (χ2v) is 6.80. The van der Waals surface area contributed by atoms with Crippen LogP contribution in [0.5, 0.6) is 0 Å². The van der Waals surface area contributed by atoms with Crippen LogP contribution in [0.3, 0.4) is 0 Å². The smallest absolute Gasteiger partial charge is 0.262 e. The Morgan fingerprint density at radius 2 is 2.10 bits per heavy atom. The Balaban J connectivity index is 2.03. The van der Waals surface area contributed by atoms with Crippen molar-refractivity contribution in [1.29, 1.82) is 0 Å². The summed E-state index contributed by atoms with van der Waals surface area (Å²) in [6.07, 6.45) is 4.69. The normalized spacial score (nSPS) is 12.5. The Kier molecular flexibility index (Phi) is 6.07. The van der Waals surface area contributed by atoms with Crippen molar-refractivity contribution in [3.63, 3.8) is 0 Å². The van der Waals surface area contributed by atoms with E-state index in [1.165, 1.54) is 30.6 Å². The summed E-state index contributed by atoms with van der Waals surface area (Å²) in [6.45, 7) is 5.11. The number of amides is 1. The van der Waals surface area contributed by atoms with Crippen molar-refractivity contribution < 1.29 is 4.79 Å². The summed E-state index contributed by atoms with van der Waals surface area (Å²) in [7, 11) is 0. The van der Waals surface area contributed by atoms with E-state index in [1.54, 1.807) is 0 Å². The van der Waals surface area contributed by atoms with Crippen molar-refractivity contribution >= 4 is 38.9 Å². The fourth-order valence-electron chi connectivity index (χ4n) is 2.42. The Morgan fingerprint density at radius 3 is 2.76 bits per heavy atom. The SMILES string of the molecule is CCCCC(CC)CNC(=O)c1sc2ccccc2c1Cl. The zero-order valence-electron chi connectivity index (χ0n) is 12.6. The van der Waals surface area contributed by atoms with Crippen LogP contribution in [-0.2, 0) is 0 Å². The lowest BCUT2D eigenvalue weighted by atomic mass is 9.99. The molecule has 0 radical (unpaired) electrons. The Labute approximate surface area is 135 Å². The molecule has 2 aromatic rings. The van der Waals surface area contributed by atoms with Gasteiger partial charge in [0.05, 0.1) is 5.02 Å². The quantitative estimate of drug-likeness (QED) is 0.716. The molecule has 1 aromatic carbocycles. The molecule has 0 bridgehead atoms. The predicted molar refractivity (Wildman–Crippen MR) is 92.5 cm³/mol. The van der Waals surface area contributed by atoms with Gasteiger partial charge >= 0.3 is 0 Å². The van der Waals surface area contributed by atoms with Crippen LogP contribution in [0.4, 0.5) is 0 Å². The number of carbonyl (C=O) groups excluding carboxylic acids is 1. The van der Waals surface area contributed by atoms with E-state index < -0.39 is 0 Å². The number of hydrogen-bond donors (Lipinski definition) is 1. The van der Waals surface area contributed by atoms with Gasteiger partial charge in [0.2, 0.25) is 0 Å². The standard InChI is InChI=1S/C17H22ClNOS/c1-3-5-8-12(4-2)11-19-17(20)16-15(18)13-9-6-7-10-14(13)21-16/h6-7,9-10,12H,3-5,8,11H2,1-2H3,(H,19,20). The van der Waals surface area contributed by atoms with E-state index in [9.17, 15) is 4.79 Å². The average molecular weight is 324 g/mol. The van der Waals surface area contributed by atoms with Gasteiger partial charge in [-0.15, -0.1) is 11.3 Å². The molecule has 0 fully saturated rings. The predicted octanol–water partition coefficient (Wildman–Crippen LogP) is 5.50. The van der Waals surface area contributed by atoms with E-state index in [0.717, 1.165) is 23.1 Å². The summed E-state index contributed by atoms with van der Waals surface area (Å²) in [5, 5.41) is 4.59. The minimum absolute atomic E-state index is 0.0452. The largest absolute Gasteiger partial charge is 0.351 e. The van der Waals surface area contributed by atoms with Gasteiger partial charge in [-0.05, 0) is 18.4 Å². The minimum Gasteiger partial charge on any atom is -0.351 e. The van der Waals surface area contributed by atoms with Gasteiger partial charge in [-0.3, -0.25) is 4.79 Å². The van der Waals surface area contributed by atoms with Gasteiger partial charge in [-0.1, -0.05) is 62.9 Å². The van der Waals surface area contributed by atoms with Crippen LogP contribution < -0.4 is 5.32 Å². The lowest BCUT2D eigenvalue weighted by molar-refractivity contribution is 0.0950. The molecule has 0 aliphatic rings. The Morgan fingerprint density at radius 1 is 1.33 bits per heavy atom. The molecule has 0 aliphatic carbocycles. The summed E-state index contributed by atoms with van der Waals surface area (Å²) in [4.78, 5) is 13.0. The molecular weight excluding hydrogens is 302 g/mol. The summed E-state index contributed by atoms with van der Waals surface area (Å²) in [5.74, 6) is 0.512. The molecule has 0 saturated heterocycles. The number of carbonyl (C=O) groups is 1. The van der Waals surface area contributed by atoms with Crippen LogP contribution in [0.1, 0.15) is 49.2 Å².